The average Bonchev–Trinajstić information content (AvgIpc) is 2.38. The zero-order valence-corrected chi connectivity index (χ0v) is 12.1. The van der Waals surface area contributed by atoms with E-state index in [-0.39, 0.29) is 12.3 Å². The van der Waals surface area contributed by atoms with E-state index >= 15 is 0 Å². The molecule has 0 aliphatic carbocycles. The van der Waals surface area contributed by atoms with Crippen LogP contribution in [0.15, 0.2) is 24.3 Å². The summed E-state index contributed by atoms with van der Waals surface area (Å²) in [6.07, 6.45) is 2.58. The smallest absolute Gasteiger partial charge is 0.303 e. The SMILES string of the molecule is CSCc1cccc(C(=O)N(C)CCCC(=O)O)c1. The second kappa shape index (κ2) is 7.84. The topological polar surface area (TPSA) is 57.6 Å². The second-order valence-electron chi connectivity index (χ2n) is 4.36. The van der Waals surface area contributed by atoms with Crippen molar-refractivity contribution in [1.29, 1.82) is 0 Å². The molecule has 0 saturated heterocycles. The minimum Gasteiger partial charge on any atom is -0.481 e. The molecule has 0 unspecified atom stereocenters. The molecule has 0 fully saturated rings. The quantitative estimate of drug-likeness (QED) is 0.834. The Morgan fingerprint density at radius 1 is 1.37 bits per heavy atom. The van der Waals surface area contributed by atoms with Crippen LogP contribution in [0.4, 0.5) is 0 Å². The summed E-state index contributed by atoms with van der Waals surface area (Å²) < 4.78 is 0. The molecule has 0 aliphatic rings. The number of carbonyl (C=O) groups is 2. The summed E-state index contributed by atoms with van der Waals surface area (Å²) in [6.45, 7) is 0.456. The number of aliphatic carboxylic acids is 1. The third-order valence-electron chi connectivity index (χ3n) is 2.72. The zero-order valence-electron chi connectivity index (χ0n) is 11.3. The van der Waals surface area contributed by atoms with Gasteiger partial charge in [-0.05, 0) is 30.4 Å². The summed E-state index contributed by atoms with van der Waals surface area (Å²) in [6, 6.07) is 7.56. The first-order chi connectivity index (χ1) is 9.04. The molecule has 0 radical (unpaired) electrons. The molecule has 0 bridgehead atoms. The summed E-state index contributed by atoms with van der Waals surface area (Å²) in [4.78, 5) is 24.2. The molecule has 0 atom stereocenters. The van der Waals surface area contributed by atoms with E-state index in [1.54, 1.807) is 29.8 Å². The number of carboxylic acid groups (broad SMARTS) is 1. The predicted octanol–water partition coefficient (Wildman–Crippen LogP) is 2.49. The number of benzene rings is 1. The third-order valence-corrected chi connectivity index (χ3v) is 3.34. The highest BCUT2D eigenvalue weighted by molar-refractivity contribution is 7.97. The lowest BCUT2D eigenvalue weighted by Gasteiger charge is -2.17. The van der Waals surface area contributed by atoms with Gasteiger partial charge in [0.25, 0.3) is 5.91 Å². The Balaban J connectivity index is 2.60. The molecular formula is C14H19NO3S. The first-order valence-electron chi connectivity index (χ1n) is 6.09. The summed E-state index contributed by atoms with van der Waals surface area (Å²) in [5.41, 5.74) is 1.78. The molecule has 0 heterocycles. The molecule has 104 valence electrons. The normalized spacial score (nSPS) is 10.2. The summed E-state index contributed by atoms with van der Waals surface area (Å²) in [5, 5.41) is 8.57. The van der Waals surface area contributed by atoms with Crippen molar-refractivity contribution in [2.75, 3.05) is 19.8 Å². The van der Waals surface area contributed by atoms with Crippen LogP contribution < -0.4 is 0 Å². The molecule has 0 aromatic heterocycles. The van der Waals surface area contributed by atoms with Gasteiger partial charge in [0.15, 0.2) is 0 Å². The number of thioether (sulfide) groups is 1. The van der Waals surface area contributed by atoms with Gasteiger partial charge in [0.2, 0.25) is 0 Å². The Hall–Kier alpha value is -1.49. The van der Waals surface area contributed by atoms with Crippen LogP contribution in [-0.4, -0.2) is 41.7 Å². The van der Waals surface area contributed by atoms with E-state index in [4.69, 9.17) is 5.11 Å². The molecule has 1 aromatic rings. The number of hydrogen-bond donors (Lipinski definition) is 1. The lowest BCUT2D eigenvalue weighted by molar-refractivity contribution is -0.137. The van der Waals surface area contributed by atoms with E-state index in [0.717, 1.165) is 11.3 Å². The number of carboxylic acids is 1. The monoisotopic (exact) mass is 281 g/mol. The standard InChI is InChI=1S/C14H19NO3S/c1-15(8-4-7-13(16)17)14(18)12-6-3-5-11(9-12)10-19-2/h3,5-6,9H,4,7-8,10H2,1-2H3,(H,16,17). The van der Waals surface area contributed by atoms with Crippen molar-refractivity contribution in [3.05, 3.63) is 35.4 Å². The maximum absolute atomic E-state index is 12.1. The molecule has 4 nitrogen and oxygen atoms in total. The Bertz CT molecular complexity index is 448. The van der Waals surface area contributed by atoms with Gasteiger partial charge >= 0.3 is 5.97 Å². The van der Waals surface area contributed by atoms with Crippen LogP contribution in [0.2, 0.25) is 0 Å². The van der Waals surface area contributed by atoms with Gasteiger partial charge < -0.3 is 10.0 Å². The minimum absolute atomic E-state index is 0.0617. The van der Waals surface area contributed by atoms with E-state index in [1.807, 2.05) is 24.5 Å². The van der Waals surface area contributed by atoms with Crippen LogP contribution in [0.5, 0.6) is 0 Å². The van der Waals surface area contributed by atoms with Gasteiger partial charge in [-0.2, -0.15) is 11.8 Å². The van der Waals surface area contributed by atoms with Gasteiger partial charge in [0.1, 0.15) is 0 Å². The molecule has 0 spiro atoms. The van der Waals surface area contributed by atoms with Gasteiger partial charge in [-0.25, -0.2) is 0 Å². The fraction of sp³-hybridized carbons (Fsp3) is 0.429. The van der Waals surface area contributed by atoms with Crippen LogP contribution in [0.1, 0.15) is 28.8 Å². The largest absolute Gasteiger partial charge is 0.481 e. The molecule has 5 heteroatoms. The molecule has 1 rings (SSSR count). The number of nitrogens with zero attached hydrogens (tertiary/aromatic N) is 1. The van der Waals surface area contributed by atoms with E-state index in [0.29, 0.717) is 18.5 Å². The number of rotatable bonds is 7. The minimum atomic E-state index is -0.831. The molecule has 0 saturated carbocycles. The van der Waals surface area contributed by atoms with Gasteiger partial charge in [-0.3, -0.25) is 9.59 Å². The molecular weight excluding hydrogens is 262 g/mol. The van der Waals surface area contributed by atoms with E-state index < -0.39 is 5.97 Å². The summed E-state index contributed by atoms with van der Waals surface area (Å²) in [7, 11) is 1.70. The third kappa shape index (κ3) is 5.34. The molecule has 1 aromatic carbocycles. The van der Waals surface area contributed by atoms with E-state index in [9.17, 15) is 9.59 Å². The molecule has 0 aliphatic heterocycles. The first-order valence-corrected chi connectivity index (χ1v) is 7.49. The van der Waals surface area contributed by atoms with Crippen molar-refractivity contribution < 1.29 is 14.7 Å². The fourth-order valence-corrected chi connectivity index (χ4v) is 2.26. The highest BCUT2D eigenvalue weighted by Crippen LogP contribution is 2.13. The Morgan fingerprint density at radius 2 is 2.11 bits per heavy atom. The van der Waals surface area contributed by atoms with Gasteiger partial charge in [-0.15, -0.1) is 0 Å². The lowest BCUT2D eigenvalue weighted by atomic mass is 10.1. The molecule has 19 heavy (non-hydrogen) atoms. The molecule has 1 amide bonds. The van der Waals surface area contributed by atoms with Crippen molar-refractivity contribution in [1.82, 2.24) is 4.90 Å². The average molecular weight is 281 g/mol. The van der Waals surface area contributed by atoms with Crippen molar-refractivity contribution in [3.8, 4) is 0 Å². The predicted molar refractivity (Wildman–Crippen MR) is 77.5 cm³/mol. The highest BCUT2D eigenvalue weighted by atomic mass is 32.2. The van der Waals surface area contributed by atoms with Crippen molar-refractivity contribution >= 4 is 23.6 Å². The van der Waals surface area contributed by atoms with Crippen molar-refractivity contribution in [2.24, 2.45) is 0 Å². The Morgan fingerprint density at radius 3 is 2.74 bits per heavy atom. The number of amides is 1. The van der Waals surface area contributed by atoms with Gasteiger partial charge in [0.05, 0.1) is 0 Å². The van der Waals surface area contributed by atoms with Crippen LogP contribution >= 0.6 is 11.8 Å². The number of hydrogen-bond acceptors (Lipinski definition) is 3. The van der Waals surface area contributed by atoms with Crippen LogP contribution in [-0.2, 0) is 10.5 Å². The summed E-state index contributed by atoms with van der Waals surface area (Å²) >= 11 is 1.71. The highest BCUT2D eigenvalue weighted by Gasteiger charge is 2.12. The number of carbonyl (C=O) groups excluding carboxylic acids is 1. The molecule has 1 N–H and O–H groups in total. The van der Waals surface area contributed by atoms with Gasteiger partial charge in [-0.1, -0.05) is 12.1 Å². The van der Waals surface area contributed by atoms with Crippen molar-refractivity contribution in [2.45, 2.75) is 18.6 Å². The maximum Gasteiger partial charge on any atom is 0.303 e. The summed E-state index contributed by atoms with van der Waals surface area (Å²) in [5.74, 6) is -0.0136. The lowest BCUT2D eigenvalue weighted by Crippen LogP contribution is -2.28. The maximum atomic E-state index is 12.1. The fourth-order valence-electron chi connectivity index (χ4n) is 1.75. The van der Waals surface area contributed by atoms with Crippen LogP contribution in [0.25, 0.3) is 0 Å². The van der Waals surface area contributed by atoms with Crippen molar-refractivity contribution in [3.63, 3.8) is 0 Å². The van der Waals surface area contributed by atoms with E-state index in [1.165, 1.54) is 0 Å². The Labute approximate surface area is 117 Å². The van der Waals surface area contributed by atoms with E-state index in [2.05, 4.69) is 0 Å². The Kier molecular flexibility index (Phi) is 6.42. The van der Waals surface area contributed by atoms with Gasteiger partial charge in [0, 0.05) is 31.3 Å². The first kappa shape index (κ1) is 15.6. The zero-order chi connectivity index (χ0) is 14.3. The van der Waals surface area contributed by atoms with Crippen LogP contribution in [0.3, 0.4) is 0 Å². The van der Waals surface area contributed by atoms with Crippen LogP contribution in [0, 0.1) is 0 Å². The second-order valence-corrected chi connectivity index (χ2v) is 5.22.